The summed E-state index contributed by atoms with van der Waals surface area (Å²) in [6, 6.07) is 3.75. The van der Waals surface area contributed by atoms with Gasteiger partial charge in [0, 0.05) is 25.9 Å². The Bertz CT molecular complexity index is 427. The molecule has 0 unspecified atom stereocenters. The van der Waals surface area contributed by atoms with Crippen LogP contribution in [0.2, 0.25) is 0 Å². The van der Waals surface area contributed by atoms with Crippen LogP contribution in [0, 0.1) is 5.82 Å². The van der Waals surface area contributed by atoms with E-state index in [1.54, 1.807) is 7.11 Å². The van der Waals surface area contributed by atoms with Gasteiger partial charge in [-0.15, -0.1) is 0 Å². The molecular formula is C14H21FN2O3. The molecule has 3 N–H and O–H groups in total. The van der Waals surface area contributed by atoms with E-state index < -0.39 is 5.82 Å². The van der Waals surface area contributed by atoms with Crippen LogP contribution in [0.15, 0.2) is 18.2 Å². The molecule has 1 aromatic carbocycles. The minimum absolute atomic E-state index is 0.168. The molecule has 0 bridgehead atoms. The number of amides is 1. The smallest absolute Gasteiger partial charge is 0.253 e. The number of carbonyl (C=O) groups excluding carboxylic acids is 1. The summed E-state index contributed by atoms with van der Waals surface area (Å²) in [5.41, 5.74) is 6.07. The Morgan fingerprint density at radius 1 is 1.30 bits per heavy atom. The Balaban J connectivity index is 2.18. The van der Waals surface area contributed by atoms with Crippen LogP contribution in [0.3, 0.4) is 0 Å². The minimum Gasteiger partial charge on any atom is -0.398 e. The molecule has 1 rings (SSSR count). The molecule has 0 aromatic heterocycles. The van der Waals surface area contributed by atoms with E-state index in [0.29, 0.717) is 26.4 Å². The van der Waals surface area contributed by atoms with E-state index in [-0.39, 0.29) is 17.2 Å². The highest BCUT2D eigenvalue weighted by Crippen LogP contribution is 2.12. The van der Waals surface area contributed by atoms with Gasteiger partial charge in [-0.2, -0.15) is 0 Å². The summed E-state index contributed by atoms with van der Waals surface area (Å²) in [6.07, 6.45) is 1.62. The van der Waals surface area contributed by atoms with Crippen molar-refractivity contribution in [3.63, 3.8) is 0 Å². The molecule has 0 atom stereocenters. The van der Waals surface area contributed by atoms with Crippen LogP contribution in [-0.4, -0.2) is 39.4 Å². The topological polar surface area (TPSA) is 73.6 Å². The predicted octanol–water partition coefficient (Wildman–Crippen LogP) is 1.58. The van der Waals surface area contributed by atoms with Gasteiger partial charge in [0.05, 0.1) is 18.8 Å². The molecule has 0 aliphatic rings. The van der Waals surface area contributed by atoms with Crippen molar-refractivity contribution in [2.75, 3.05) is 39.2 Å². The summed E-state index contributed by atoms with van der Waals surface area (Å²) >= 11 is 0. The van der Waals surface area contributed by atoms with E-state index in [4.69, 9.17) is 15.2 Å². The molecule has 0 spiro atoms. The first-order chi connectivity index (χ1) is 9.65. The first kappa shape index (κ1) is 16.4. The maximum Gasteiger partial charge on any atom is 0.253 e. The van der Waals surface area contributed by atoms with E-state index in [9.17, 15) is 9.18 Å². The number of benzene rings is 1. The van der Waals surface area contributed by atoms with Gasteiger partial charge in [0.2, 0.25) is 0 Å². The molecule has 0 saturated heterocycles. The number of ether oxygens (including phenoxy) is 2. The van der Waals surface area contributed by atoms with Crippen molar-refractivity contribution in [2.24, 2.45) is 0 Å². The number of nitrogens with two attached hydrogens (primary N) is 1. The lowest BCUT2D eigenvalue weighted by Crippen LogP contribution is -2.25. The standard InChI is InChI=1S/C14H21FN2O3/c1-19-8-9-20-7-3-2-6-17-14(18)12-10-11(15)4-5-13(12)16/h4-5,10H,2-3,6-9,16H2,1H3,(H,17,18). The van der Waals surface area contributed by atoms with Gasteiger partial charge in [0.25, 0.3) is 5.91 Å². The first-order valence-electron chi connectivity index (χ1n) is 6.55. The summed E-state index contributed by atoms with van der Waals surface area (Å²) in [5.74, 6) is -0.835. The van der Waals surface area contributed by atoms with Gasteiger partial charge in [-0.05, 0) is 31.0 Å². The molecule has 0 fully saturated rings. The van der Waals surface area contributed by atoms with Gasteiger partial charge in [0.1, 0.15) is 5.82 Å². The van der Waals surface area contributed by atoms with E-state index in [2.05, 4.69) is 5.32 Å². The van der Waals surface area contributed by atoms with Crippen molar-refractivity contribution >= 4 is 11.6 Å². The first-order valence-corrected chi connectivity index (χ1v) is 6.55. The highest BCUT2D eigenvalue weighted by atomic mass is 19.1. The van der Waals surface area contributed by atoms with Crippen molar-refractivity contribution in [1.82, 2.24) is 5.32 Å². The number of halogens is 1. The number of hydrogen-bond donors (Lipinski definition) is 2. The maximum absolute atomic E-state index is 13.0. The molecule has 0 aliphatic heterocycles. The lowest BCUT2D eigenvalue weighted by atomic mass is 10.1. The van der Waals surface area contributed by atoms with Crippen LogP contribution in [0.5, 0.6) is 0 Å². The summed E-state index contributed by atoms with van der Waals surface area (Å²) < 4.78 is 23.2. The summed E-state index contributed by atoms with van der Waals surface area (Å²) in [6.45, 7) is 2.28. The SMILES string of the molecule is COCCOCCCCNC(=O)c1cc(F)ccc1N. The van der Waals surface area contributed by atoms with Crippen molar-refractivity contribution < 1.29 is 18.7 Å². The Morgan fingerprint density at radius 2 is 2.10 bits per heavy atom. The summed E-state index contributed by atoms with van der Waals surface area (Å²) in [5, 5.41) is 2.70. The number of nitrogens with one attached hydrogen (secondary N) is 1. The van der Waals surface area contributed by atoms with Crippen molar-refractivity contribution in [1.29, 1.82) is 0 Å². The largest absolute Gasteiger partial charge is 0.398 e. The lowest BCUT2D eigenvalue weighted by Gasteiger charge is -2.08. The van der Waals surface area contributed by atoms with Gasteiger partial charge < -0.3 is 20.5 Å². The van der Waals surface area contributed by atoms with E-state index >= 15 is 0 Å². The quantitative estimate of drug-likeness (QED) is 0.533. The fourth-order valence-electron chi connectivity index (χ4n) is 1.60. The van der Waals surface area contributed by atoms with Crippen molar-refractivity contribution in [2.45, 2.75) is 12.8 Å². The monoisotopic (exact) mass is 284 g/mol. The number of hydrogen-bond acceptors (Lipinski definition) is 4. The third-order valence-electron chi connectivity index (χ3n) is 2.69. The van der Waals surface area contributed by atoms with Gasteiger partial charge in [-0.25, -0.2) is 4.39 Å². The zero-order valence-electron chi connectivity index (χ0n) is 11.7. The minimum atomic E-state index is -0.476. The molecule has 6 heteroatoms. The van der Waals surface area contributed by atoms with Crippen LogP contribution >= 0.6 is 0 Å². The van der Waals surface area contributed by atoms with Crippen molar-refractivity contribution in [3.8, 4) is 0 Å². The highest BCUT2D eigenvalue weighted by molar-refractivity contribution is 5.99. The molecule has 0 saturated carbocycles. The number of nitrogen functional groups attached to an aromatic ring is 1. The number of carbonyl (C=O) groups is 1. The molecule has 0 radical (unpaired) electrons. The number of unbranched alkanes of at least 4 members (excludes halogenated alkanes) is 1. The Labute approximate surface area is 118 Å². The Morgan fingerprint density at radius 3 is 2.85 bits per heavy atom. The fraction of sp³-hybridized carbons (Fsp3) is 0.500. The fourth-order valence-corrected chi connectivity index (χ4v) is 1.60. The number of methoxy groups -OCH3 is 1. The summed E-state index contributed by atoms with van der Waals surface area (Å²) in [4.78, 5) is 11.8. The normalized spacial score (nSPS) is 10.5. The predicted molar refractivity (Wildman–Crippen MR) is 75.1 cm³/mol. The Hall–Kier alpha value is -1.66. The lowest BCUT2D eigenvalue weighted by molar-refractivity contribution is 0.0686. The average Bonchev–Trinajstić information content (AvgIpc) is 2.44. The second kappa shape index (κ2) is 9.28. The number of anilines is 1. The molecule has 0 aliphatic carbocycles. The van der Waals surface area contributed by atoms with Gasteiger partial charge in [0.15, 0.2) is 0 Å². The zero-order valence-corrected chi connectivity index (χ0v) is 11.7. The van der Waals surface area contributed by atoms with Crippen LogP contribution in [0.25, 0.3) is 0 Å². The van der Waals surface area contributed by atoms with Gasteiger partial charge in [-0.1, -0.05) is 0 Å². The molecule has 1 amide bonds. The molecule has 1 aromatic rings. The van der Waals surface area contributed by atoms with E-state index in [1.807, 2.05) is 0 Å². The molecule has 0 heterocycles. The zero-order chi connectivity index (χ0) is 14.8. The van der Waals surface area contributed by atoms with Gasteiger partial charge in [-0.3, -0.25) is 4.79 Å². The van der Waals surface area contributed by atoms with Crippen molar-refractivity contribution in [3.05, 3.63) is 29.6 Å². The molecule has 20 heavy (non-hydrogen) atoms. The van der Waals surface area contributed by atoms with Crippen LogP contribution in [-0.2, 0) is 9.47 Å². The molecule has 112 valence electrons. The van der Waals surface area contributed by atoms with E-state index in [0.717, 1.165) is 18.9 Å². The summed E-state index contributed by atoms with van der Waals surface area (Å²) in [7, 11) is 1.62. The number of rotatable bonds is 9. The maximum atomic E-state index is 13.0. The van der Waals surface area contributed by atoms with Crippen LogP contribution in [0.4, 0.5) is 10.1 Å². The average molecular weight is 284 g/mol. The molecule has 5 nitrogen and oxygen atoms in total. The van der Waals surface area contributed by atoms with Gasteiger partial charge >= 0.3 is 0 Å². The highest BCUT2D eigenvalue weighted by Gasteiger charge is 2.09. The molecular weight excluding hydrogens is 263 g/mol. The third kappa shape index (κ3) is 5.99. The van der Waals surface area contributed by atoms with Crippen LogP contribution < -0.4 is 11.1 Å². The van der Waals surface area contributed by atoms with E-state index in [1.165, 1.54) is 12.1 Å². The van der Waals surface area contributed by atoms with Crippen LogP contribution in [0.1, 0.15) is 23.2 Å². The Kier molecular flexibility index (Phi) is 7.60. The second-order valence-electron chi connectivity index (χ2n) is 4.30. The third-order valence-corrected chi connectivity index (χ3v) is 2.69. The second-order valence-corrected chi connectivity index (χ2v) is 4.30.